The van der Waals surface area contributed by atoms with Crippen molar-refractivity contribution in [3.8, 4) is 5.69 Å². The molecule has 1 amide bonds. The summed E-state index contributed by atoms with van der Waals surface area (Å²) in [7, 11) is 0. The molecule has 0 aliphatic carbocycles. The van der Waals surface area contributed by atoms with Crippen LogP contribution in [0, 0.1) is 0 Å². The third-order valence-corrected chi connectivity index (χ3v) is 5.00. The van der Waals surface area contributed by atoms with Crippen molar-refractivity contribution in [2.75, 3.05) is 6.54 Å². The monoisotopic (exact) mass is 381 g/mol. The van der Waals surface area contributed by atoms with E-state index in [4.69, 9.17) is 0 Å². The van der Waals surface area contributed by atoms with Gasteiger partial charge in [0.2, 0.25) is 0 Å². The predicted molar refractivity (Wildman–Crippen MR) is 99.8 cm³/mol. The maximum Gasteiger partial charge on any atom is 0.266 e. The first-order chi connectivity index (χ1) is 13.2. The molecule has 1 N–H and O–H groups in total. The number of nitrogens with zero attached hydrogens (tertiary/aromatic N) is 6. The molecule has 0 aliphatic rings. The van der Waals surface area contributed by atoms with Gasteiger partial charge < -0.3 is 9.88 Å². The average molecular weight is 381 g/mol. The molecule has 136 valence electrons. The Morgan fingerprint density at radius 2 is 2.15 bits per heavy atom. The van der Waals surface area contributed by atoms with E-state index < -0.39 is 0 Å². The lowest BCUT2D eigenvalue weighted by atomic mass is 10.2. The maximum absolute atomic E-state index is 13.0. The minimum absolute atomic E-state index is 0.172. The Hall–Kier alpha value is -3.40. The Morgan fingerprint density at radius 1 is 1.30 bits per heavy atom. The van der Waals surface area contributed by atoms with Crippen LogP contribution in [0.3, 0.4) is 0 Å². The molecule has 0 unspecified atom stereocenters. The van der Waals surface area contributed by atoms with Gasteiger partial charge in [0.15, 0.2) is 0 Å². The third-order valence-electron chi connectivity index (χ3n) is 4.11. The Labute approximate surface area is 157 Å². The van der Waals surface area contributed by atoms with Gasteiger partial charge >= 0.3 is 0 Å². The summed E-state index contributed by atoms with van der Waals surface area (Å²) in [6.07, 6.45) is 1.44. The van der Waals surface area contributed by atoms with Crippen molar-refractivity contribution in [1.29, 1.82) is 0 Å². The van der Waals surface area contributed by atoms with Crippen LogP contribution < -0.4 is 5.56 Å². The largest absolute Gasteiger partial charge is 0.331 e. The highest BCUT2D eigenvalue weighted by Crippen LogP contribution is 2.22. The second kappa shape index (κ2) is 7.08. The zero-order chi connectivity index (χ0) is 18.8. The van der Waals surface area contributed by atoms with Gasteiger partial charge in [-0.3, -0.25) is 9.59 Å². The fourth-order valence-electron chi connectivity index (χ4n) is 2.78. The van der Waals surface area contributed by atoms with Crippen LogP contribution in [0.1, 0.15) is 22.4 Å². The van der Waals surface area contributed by atoms with Crippen molar-refractivity contribution >= 4 is 28.1 Å². The fourth-order valence-corrected chi connectivity index (χ4v) is 3.62. The number of nitrogens with one attached hydrogen (secondary N) is 1. The summed E-state index contributed by atoms with van der Waals surface area (Å²) in [5.74, 6) is 0.267. The highest BCUT2D eigenvalue weighted by Gasteiger charge is 2.22. The first-order valence-electron chi connectivity index (χ1n) is 8.25. The zero-order valence-corrected chi connectivity index (χ0v) is 15.2. The molecule has 0 atom stereocenters. The highest BCUT2D eigenvalue weighted by molar-refractivity contribution is 7.12. The quantitative estimate of drug-likeness (QED) is 0.563. The van der Waals surface area contributed by atoms with Crippen molar-refractivity contribution < 1.29 is 4.79 Å². The van der Waals surface area contributed by atoms with Crippen LogP contribution in [0.5, 0.6) is 0 Å². The van der Waals surface area contributed by atoms with Gasteiger partial charge in [-0.25, -0.2) is 4.98 Å². The normalized spacial score (nSPS) is 11.0. The number of carbonyl (C=O) groups excluding carboxylic acids is 1. The Balaban J connectivity index is 1.65. The van der Waals surface area contributed by atoms with Gasteiger partial charge in [-0.1, -0.05) is 12.1 Å². The molecule has 0 radical (unpaired) electrons. The first-order valence-corrected chi connectivity index (χ1v) is 9.13. The SMILES string of the molecule is CCN(Cc1nc2ccccc2c(=O)[nH]1)C(=O)c1sccc1-n1cnnn1. The van der Waals surface area contributed by atoms with Crippen molar-refractivity contribution in [1.82, 2.24) is 35.1 Å². The van der Waals surface area contributed by atoms with E-state index in [1.54, 1.807) is 29.2 Å². The van der Waals surface area contributed by atoms with Crippen LogP contribution in [-0.2, 0) is 6.54 Å². The van der Waals surface area contributed by atoms with Crippen LogP contribution in [0.2, 0.25) is 0 Å². The Bertz CT molecular complexity index is 1150. The van der Waals surface area contributed by atoms with E-state index >= 15 is 0 Å². The van der Waals surface area contributed by atoms with Gasteiger partial charge in [0.1, 0.15) is 17.0 Å². The smallest absolute Gasteiger partial charge is 0.266 e. The van der Waals surface area contributed by atoms with E-state index in [2.05, 4.69) is 25.5 Å². The highest BCUT2D eigenvalue weighted by atomic mass is 32.1. The van der Waals surface area contributed by atoms with Crippen LogP contribution in [0.4, 0.5) is 0 Å². The lowest BCUT2D eigenvalue weighted by molar-refractivity contribution is 0.0753. The van der Waals surface area contributed by atoms with Crippen LogP contribution in [0.25, 0.3) is 16.6 Å². The molecular weight excluding hydrogens is 366 g/mol. The van der Waals surface area contributed by atoms with Gasteiger partial charge in [-0.05, 0) is 40.9 Å². The van der Waals surface area contributed by atoms with Crippen molar-refractivity contribution in [2.45, 2.75) is 13.5 Å². The summed E-state index contributed by atoms with van der Waals surface area (Å²) < 4.78 is 1.45. The number of amides is 1. The average Bonchev–Trinajstić information content (AvgIpc) is 3.36. The summed E-state index contributed by atoms with van der Waals surface area (Å²) in [4.78, 5) is 34.7. The lowest BCUT2D eigenvalue weighted by Crippen LogP contribution is -2.32. The number of carbonyl (C=O) groups is 1. The van der Waals surface area contributed by atoms with Crippen molar-refractivity contribution in [3.05, 3.63) is 63.1 Å². The molecule has 0 bridgehead atoms. The minimum atomic E-state index is -0.218. The number of aromatic amines is 1. The van der Waals surface area contributed by atoms with E-state index in [0.717, 1.165) is 0 Å². The van der Waals surface area contributed by atoms with Gasteiger partial charge in [-0.2, -0.15) is 4.68 Å². The second-order valence-electron chi connectivity index (χ2n) is 5.74. The number of hydrogen-bond acceptors (Lipinski definition) is 7. The standard InChI is InChI=1S/C17H15N7O2S/c1-2-23(9-14-19-12-6-4-3-5-11(12)16(25)20-14)17(26)15-13(7-8-27-15)24-10-18-21-22-24/h3-8,10H,2,9H2,1H3,(H,19,20,25). The van der Waals surface area contributed by atoms with Gasteiger partial charge in [-0.15, -0.1) is 16.4 Å². The molecule has 0 fully saturated rings. The summed E-state index contributed by atoms with van der Waals surface area (Å²) in [5, 5.41) is 13.4. The van der Waals surface area contributed by atoms with E-state index in [9.17, 15) is 9.59 Å². The Morgan fingerprint density at radius 3 is 2.93 bits per heavy atom. The number of H-pyrrole nitrogens is 1. The first kappa shape index (κ1) is 17.0. The molecule has 1 aromatic carbocycles. The number of aromatic nitrogens is 6. The maximum atomic E-state index is 13.0. The molecule has 3 heterocycles. The van der Waals surface area contributed by atoms with Crippen LogP contribution >= 0.6 is 11.3 Å². The molecule has 0 saturated heterocycles. The van der Waals surface area contributed by atoms with Crippen molar-refractivity contribution in [3.63, 3.8) is 0 Å². The molecule has 0 aliphatic heterocycles. The molecule has 10 heteroatoms. The molecule has 0 spiro atoms. The van der Waals surface area contributed by atoms with Gasteiger partial charge in [0, 0.05) is 6.54 Å². The molecule has 9 nitrogen and oxygen atoms in total. The molecular formula is C17H15N7O2S. The minimum Gasteiger partial charge on any atom is -0.331 e. The lowest BCUT2D eigenvalue weighted by Gasteiger charge is -2.20. The zero-order valence-electron chi connectivity index (χ0n) is 14.4. The molecule has 27 heavy (non-hydrogen) atoms. The topological polar surface area (TPSA) is 110 Å². The van der Waals surface area contributed by atoms with E-state index in [1.165, 1.54) is 22.3 Å². The number of para-hydroxylation sites is 1. The summed E-state index contributed by atoms with van der Waals surface area (Å²) in [5.41, 5.74) is 1.00. The summed E-state index contributed by atoms with van der Waals surface area (Å²) in [6.45, 7) is 2.53. The number of thiophene rings is 1. The van der Waals surface area contributed by atoms with Crippen molar-refractivity contribution in [2.24, 2.45) is 0 Å². The number of tetrazole rings is 1. The van der Waals surface area contributed by atoms with Crippen LogP contribution in [0.15, 0.2) is 46.8 Å². The number of rotatable bonds is 5. The molecule has 0 saturated carbocycles. The van der Waals surface area contributed by atoms with Crippen LogP contribution in [-0.4, -0.2) is 47.5 Å². The molecule has 3 aromatic heterocycles. The summed E-state index contributed by atoms with van der Waals surface area (Å²) in [6, 6.07) is 8.90. The third kappa shape index (κ3) is 3.22. The molecule has 4 aromatic rings. The summed E-state index contributed by atoms with van der Waals surface area (Å²) >= 11 is 1.32. The van der Waals surface area contributed by atoms with E-state index in [-0.39, 0.29) is 18.0 Å². The van der Waals surface area contributed by atoms with Gasteiger partial charge in [0.25, 0.3) is 11.5 Å². The van der Waals surface area contributed by atoms with E-state index in [1.807, 2.05) is 18.4 Å². The predicted octanol–water partition coefficient (Wildman–Crippen LogP) is 1.62. The number of hydrogen-bond donors (Lipinski definition) is 1. The number of benzene rings is 1. The fraction of sp³-hybridized carbons (Fsp3) is 0.176. The van der Waals surface area contributed by atoms with E-state index in [0.29, 0.717) is 33.8 Å². The van der Waals surface area contributed by atoms with Gasteiger partial charge in [0.05, 0.1) is 23.1 Å². The molecule has 4 rings (SSSR count). The second-order valence-corrected chi connectivity index (χ2v) is 6.65. The number of fused-ring (bicyclic) bond motifs is 1. The Kier molecular flexibility index (Phi) is 4.47.